The molecule has 5 nitrogen and oxygen atoms in total. The van der Waals surface area contributed by atoms with Crippen LogP contribution >= 0.6 is 11.6 Å². The van der Waals surface area contributed by atoms with Gasteiger partial charge in [-0.2, -0.15) is 26.3 Å². The number of likely N-dealkylation sites (tertiary alicyclic amines) is 1. The Morgan fingerprint density at radius 1 is 1.00 bits per heavy atom. The highest BCUT2D eigenvalue weighted by atomic mass is 35.5. The summed E-state index contributed by atoms with van der Waals surface area (Å²) in [6.07, 6.45) is -11.2. The average molecular weight is 607 g/mol. The van der Waals surface area contributed by atoms with Gasteiger partial charge in [0, 0.05) is 65.4 Å². The Labute approximate surface area is 224 Å². The molecular weight excluding hydrogens is 584 g/mol. The van der Waals surface area contributed by atoms with Gasteiger partial charge in [-0.05, 0) is 24.1 Å². The third-order valence-electron chi connectivity index (χ3n) is 7.22. The molecule has 0 radical (unpaired) electrons. The molecule has 2 aromatic carbocycles. The van der Waals surface area contributed by atoms with Crippen molar-refractivity contribution < 1.29 is 48.6 Å². The third kappa shape index (κ3) is 5.03. The second kappa shape index (κ2) is 9.54. The molecule has 15 heteroatoms. The van der Waals surface area contributed by atoms with Gasteiger partial charge >= 0.3 is 12.4 Å². The van der Waals surface area contributed by atoms with Crippen molar-refractivity contribution in [3.05, 3.63) is 57.6 Å². The molecule has 2 aliphatic heterocycles. The van der Waals surface area contributed by atoms with Crippen LogP contribution < -0.4 is 0 Å². The fourth-order valence-corrected chi connectivity index (χ4v) is 6.59. The van der Waals surface area contributed by atoms with Gasteiger partial charge in [-0.15, -0.1) is 0 Å². The third-order valence-corrected chi connectivity index (χ3v) is 8.73. The van der Waals surface area contributed by atoms with E-state index in [9.17, 15) is 39.9 Å². The SMILES string of the molecule is CCc1c(F)c(CN2CC3(C2)CN(S(C)(=O)=O)C3)cc(F)c1-c1ccc(C(O)(C(F)(F)F)C(F)(F)F)cc1Cl. The van der Waals surface area contributed by atoms with E-state index in [1.165, 1.54) is 11.2 Å². The van der Waals surface area contributed by atoms with Crippen LogP contribution in [0.3, 0.4) is 0 Å². The number of benzene rings is 2. The Morgan fingerprint density at radius 2 is 1.56 bits per heavy atom. The van der Waals surface area contributed by atoms with Gasteiger partial charge in [0.15, 0.2) is 0 Å². The molecule has 0 saturated carbocycles. The molecule has 2 aromatic rings. The van der Waals surface area contributed by atoms with Crippen LogP contribution in [-0.2, 0) is 28.6 Å². The van der Waals surface area contributed by atoms with E-state index in [4.69, 9.17) is 11.6 Å². The molecule has 4 rings (SSSR count). The minimum atomic E-state index is -6.14. The maximum Gasteiger partial charge on any atom is 0.430 e. The predicted molar refractivity (Wildman–Crippen MR) is 126 cm³/mol. The lowest BCUT2D eigenvalue weighted by Gasteiger charge is -2.59. The summed E-state index contributed by atoms with van der Waals surface area (Å²) in [6.45, 7) is 3.12. The normalized spacial score (nSPS) is 18.8. The summed E-state index contributed by atoms with van der Waals surface area (Å²) in [5, 5.41) is 8.88. The van der Waals surface area contributed by atoms with Gasteiger partial charge < -0.3 is 5.11 Å². The highest BCUT2D eigenvalue weighted by molar-refractivity contribution is 7.88. The molecule has 2 fully saturated rings. The van der Waals surface area contributed by atoms with E-state index in [2.05, 4.69) is 0 Å². The monoisotopic (exact) mass is 606 g/mol. The summed E-state index contributed by atoms with van der Waals surface area (Å²) in [5.74, 6) is -1.79. The van der Waals surface area contributed by atoms with E-state index in [-0.39, 0.29) is 41.1 Å². The van der Waals surface area contributed by atoms with Crippen LogP contribution in [0.25, 0.3) is 11.1 Å². The minimum absolute atomic E-state index is 0.00747. The summed E-state index contributed by atoms with van der Waals surface area (Å²) < 4.78 is 135. The van der Waals surface area contributed by atoms with Crippen molar-refractivity contribution in [2.75, 3.05) is 32.4 Å². The van der Waals surface area contributed by atoms with Crippen LogP contribution in [0.15, 0.2) is 24.3 Å². The van der Waals surface area contributed by atoms with Crippen LogP contribution in [0.5, 0.6) is 0 Å². The highest BCUT2D eigenvalue weighted by Gasteiger charge is 2.71. The molecular formula is C24H23ClF8N2O3S. The molecule has 0 amide bonds. The van der Waals surface area contributed by atoms with Gasteiger partial charge in [0.2, 0.25) is 10.0 Å². The van der Waals surface area contributed by atoms with Gasteiger partial charge in [0.25, 0.3) is 5.60 Å². The molecule has 1 spiro atoms. The molecule has 2 aliphatic rings. The van der Waals surface area contributed by atoms with Gasteiger partial charge in [0.05, 0.1) is 6.26 Å². The van der Waals surface area contributed by atoms with E-state index >= 15 is 8.78 Å². The molecule has 0 aliphatic carbocycles. The first-order valence-corrected chi connectivity index (χ1v) is 13.8. The topological polar surface area (TPSA) is 60.9 Å². The number of aliphatic hydroxyl groups is 1. The zero-order chi connectivity index (χ0) is 29.3. The van der Waals surface area contributed by atoms with Crippen LogP contribution in [-0.4, -0.2) is 67.5 Å². The first-order valence-electron chi connectivity index (χ1n) is 11.6. The number of sulfonamides is 1. The Hall–Kier alpha value is -2.00. The summed E-state index contributed by atoms with van der Waals surface area (Å²) in [7, 11) is -3.30. The Morgan fingerprint density at radius 3 is 2.03 bits per heavy atom. The van der Waals surface area contributed by atoms with Crippen molar-refractivity contribution in [3.8, 4) is 11.1 Å². The number of hydrogen-bond acceptors (Lipinski definition) is 4. The largest absolute Gasteiger partial charge is 0.430 e. The lowest BCUT2D eigenvalue weighted by atomic mass is 9.74. The smallest absolute Gasteiger partial charge is 0.369 e. The van der Waals surface area contributed by atoms with E-state index in [1.807, 2.05) is 4.90 Å². The lowest BCUT2D eigenvalue weighted by Crippen LogP contribution is -2.72. The standard InChI is InChI=1S/C24H23ClF8N2O3S/c1-3-15-19(16-5-4-14(7-17(16)25)22(36,23(28,29)30)24(31,32)33)18(26)6-13(20(15)27)8-34-9-21(10-34)11-35(12-21)39(2,37)38/h4-7,36H,3,8-12H2,1-2H3. The van der Waals surface area contributed by atoms with Crippen molar-refractivity contribution in [2.24, 2.45) is 5.41 Å². The van der Waals surface area contributed by atoms with Gasteiger partial charge in [0.1, 0.15) is 11.6 Å². The number of halogens is 9. The molecule has 0 atom stereocenters. The van der Waals surface area contributed by atoms with Crippen LogP contribution in [0.1, 0.15) is 23.6 Å². The van der Waals surface area contributed by atoms with Crippen LogP contribution in [0.2, 0.25) is 5.02 Å². The lowest BCUT2D eigenvalue weighted by molar-refractivity contribution is -0.376. The molecule has 2 saturated heterocycles. The van der Waals surface area contributed by atoms with Crippen molar-refractivity contribution >= 4 is 21.6 Å². The number of rotatable bonds is 6. The van der Waals surface area contributed by atoms with Crippen LogP contribution in [0.4, 0.5) is 35.1 Å². The fraction of sp³-hybridized carbons (Fsp3) is 0.500. The second-order valence-corrected chi connectivity index (χ2v) is 12.5. The Bertz CT molecular complexity index is 1380. The summed E-state index contributed by atoms with van der Waals surface area (Å²) in [4.78, 5) is 1.81. The number of hydrogen-bond donors (Lipinski definition) is 1. The van der Waals surface area contributed by atoms with Crippen molar-refractivity contribution in [2.45, 2.75) is 37.8 Å². The van der Waals surface area contributed by atoms with E-state index in [1.54, 1.807) is 0 Å². The summed E-state index contributed by atoms with van der Waals surface area (Å²) >= 11 is 5.99. The first-order chi connectivity index (χ1) is 17.7. The molecule has 39 heavy (non-hydrogen) atoms. The molecule has 2 heterocycles. The zero-order valence-electron chi connectivity index (χ0n) is 20.5. The Balaban J connectivity index is 1.62. The second-order valence-electron chi connectivity index (χ2n) is 10.1. The molecule has 0 bridgehead atoms. The quantitative estimate of drug-likeness (QED) is 0.457. The van der Waals surface area contributed by atoms with E-state index < -0.39 is 55.8 Å². The summed E-state index contributed by atoms with van der Waals surface area (Å²) in [6, 6.07) is 2.13. The van der Waals surface area contributed by atoms with Gasteiger partial charge in [-0.3, -0.25) is 4.90 Å². The zero-order valence-corrected chi connectivity index (χ0v) is 22.1. The highest BCUT2D eigenvalue weighted by Crippen LogP contribution is 2.51. The van der Waals surface area contributed by atoms with Gasteiger partial charge in [-0.1, -0.05) is 30.7 Å². The average Bonchev–Trinajstić information content (AvgIpc) is 2.73. The molecule has 0 unspecified atom stereocenters. The first kappa shape index (κ1) is 30.0. The fourth-order valence-electron chi connectivity index (χ4n) is 5.30. The van der Waals surface area contributed by atoms with Crippen molar-refractivity contribution in [3.63, 3.8) is 0 Å². The number of alkyl halides is 6. The van der Waals surface area contributed by atoms with Crippen molar-refractivity contribution in [1.82, 2.24) is 9.21 Å². The minimum Gasteiger partial charge on any atom is -0.369 e. The van der Waals surface area contributed by atoms with Gasteiger partial charge in [-0.25, -0.2) is 21.5 Å². The predicted octanol–water partition coefficient (Wildman–Crippen LogP) is 5.24. The van der Waals surface area contributed by atoms with Crippen molar-refractivity contribution in [1.29, 1.82) is 0 Å². The summed E-state index contributed by atoms with van der Waals surface area (Å²) in [5.41, 5.74) is -8.04. The molecule has 216 valence electrons. The van der Waals surface area contributed by atoms with Crippen LogP contribution in [0, 0.1) is 17.0 Å². The Kier molecular flexibility index (Phi) is 7.33. The van der Waals surface area contributed by atoms with E-state index in [0.717, 1.165) is 12.3 Å². The molecule has 1 N–H and O–H groups in total. The number of nitrogens with zero attached hydrogens (tertiary/aromatic N) is 2. The van der Waals surface area contributed by atoms with E-state index in [0.29, 0.717) is 38.3 Å². The maximum atomic E-state index is 15.5. The maximum absolute atomic E-state index is 15.5. The molecule has 0 aromatic heterocycles.